The minimum atomic E-state index is -0.391. The van der Waals surface area contributed by atoms with Crippen LogP contribution in [0.15, 0.2) is 41.4 Å². The normalized spacial score (nSPS) is 12.9. The zero-order valence-corrected chi connectivity index (χ0v) is 17.4. The van der Waals surface area contributed by atoms with Gasteiger partial charge in [0.1, 0.15) is 12.3 Å². The second-order valence-corrected chi connectivity index (χ2v) is 7.49. The summed E-state index contributed by atoms with van der Waals surface area (Å²) in [5.41, 5.74) is 1.55. The molecule has 156 valence electrons. The summed E-state index contributed by atoms with van der Waals surface area (Å²) in [5, 5.41) is 0. The molecule has 0 spiro atoms. The second kappa shape index (κ2) is 8.58. The lowest BCUT2D eigenvalue weighted by molar-refractivity contribution is -0.143. The van der Waals surface area contributed by atoms with Crippen molar-refractivity contribution in [3.63, 3.8) is 0 Å². The first kappa shape index (κ1) is 20.0. The number of carbonyl (C=O) groups is 2. The summed E-state index contributed by atoms with van der Waals surface area (Å²) in [7, 11) is 1.58. The number of rotatable bonds is 6. The Bertz CT molecular complexity index is 1180. The van der Waals surface area contributed by atoms with Gasteiger partial charge in [0.15, 0.2) is 16.3 Å². The number of benzene rings is 2. The Hall–Kier alpha value is -3.33. The quantitative estimate of drug-likeness (QED) is 0.561. The van der Waals surface area contributed by atoms with Gasteiger partial charge in [0.25, 0.3) is 5.91 Å². The molecule has 3 aromatic rings. The van der Waals surface area contributed by atoms with Crippen molar-refractivity contribution in [1.29, 1.82) is 0 Å². The molecule has 8 nitrogen and oxygen atoms in total. The SMILES string of the molecule is CCOC(=O)Cn1c(=NC(=O)Cc2ccc3c(c2)OCO3)sc2cc(OC)ccc21. The van der Waals surface area contributed by atoms with Crippen molar-refractivity contribution in [2.75, 3.05) is 20.5 Å². The van der Waals surface area contributed by atoms with Crippen molar-refractivity contribution in [1.82, 2.24) is 4.57 Å². The van der Waals surface area contributed by atoms with Gasteiger partial charge in [-0.15, -0.1) is 0 Å². The first-order valence-corrected chi connectivity index (χ1v) is 10.2. The Balaban J connectivity index is 1.67. The highest BCUT2D eigenvalue weighted by Crippen LogP contribution is 2.32. The van der Waals surface area contributed by atoms with Crippen LogP contribution < -0.4 is 19.0 Å². The summed E-state index contributed by atoms with van der Waals surface area (Å²) in [6.45, 7) is 2.18. The predicted molar refractivity (Wildman–Crippen MR) is 110 cm³/mol. The highest BCUT2D eigenvalue weighted by molar-refractivity contribution is 7.16. The van der Waals surface area contributed by atoms with Crippen molar-refractivity contribution < 1.29 is 28.5 Å². The molecule has 0 bridgehead atoms. The average Bonchev–Trinajstić information content (AvgIpc) is 3.32. The van der Waals surface area contributed by atoms with Gasteiger partial charge >= 0.3 is 5.97 Å². The number of amides is 1. The van der Waals surface area contributed by atoms with E-state index in [1.54, 1.807) is 36.8 Å². The molecule has 1 aromatic heterocycles. The van der Waals surface area contributed by atoms with E-state index in [9.17, 15) is 9.59 Å². The molecule has 0 saturated heterocycles. The van der Waals surface area contributed by atoms with Gasteiger partial charge in [-0.2, -0.15) is 4.99 Å². The Morgan fingerprint density at radius 2 is 2.00 bits per heavy atom. The zero-order valence-electron chi connectivity index (χ0n) is 16.5. The standard InChI is InChI=1S/C21H20N2O6S/c1-3-27-20(25)11-23-15-6-5-14(26-2)10-18(15)30-21(23)22-19(24)9-13-4-7-16-17(8-13)29-12-28-16/h4-8,10H,3,9,11-12H2,1-2H3. The Labute approximate surface area is 176 Å². The lowest BCUT2D eigenvalue weighted by Crippen LogP contribution is -2.23. The maximum absolute atomic E-state index is 12.7. The van der Waals surface area contributed by atoms with Crippen LogP contribution in [-0.2, 0) is 27.3 Å². The molecule has 30 heavy (non-hydrogen) atoms. The number of methoxy groups -OCH3 is 1. The van der Waals surface area contributed by atoms with Gasteiger partial charge in [-0.25, -0.2) is 0 Å². The molecule has 0 fully saturated rings. The second-order valence-electron chi connectivity index (χ2n) is 6.48. The minimum Gasteiger partial charge on any atom is -0.497 e. The molecule has 2 aromatic carbocycles. The molecule has 9 heteroatoms. The Morgan fingerprint density at radius 3 is 2.80 bits per heavy atom. The highest BCUT2D eigenvalue weighted by Gasteiger charge is 2.16. The number of nitrogens with zero attached hydrogens (tertiary/aromatic N) is 2. The summed E-state index contributed by atoms with van der Waals surface area (Å²) in [6, 6.07) is 10.8. The van der Waals surface area contributed by atoms with Crippen molar-refractivity contribution in [3.8, 4) is 17.2 Å². The fourth-order valence-corrected chi connectivity index (χ4v) is 4.20. The van der Waals surface area contributed by atoms with Crippen molar-refractivity contribution in [3.05, 3.63) is 46.8 Å². The maximum Gasteiger partial charge on any atom is 0.326 e. The number of carbonyl (C=O) groups excluding carboxylic acids is 2. The molecule has 1 amide bonds. The number of esters is 1. The van der Waals surface area contributed by atoms with E-state index in [0.717, 1.165) is 15.8 Å². The van der Waals surface area contributed by atoms with Crippen LogP contribution in [0.3, 0.4) is 0 Å². The van der Waals surface area contributed by atoms with Gasteiger partial charge in [-0.1, -0.05) is 17.4 Å². The van der Waals surface area contributed by atoms with E-state index < -0.39 is 5.97 Å². The third kappa shape index (κ3) is 4.16. The van der Waals surface area contributed by atoms with E-state index in [1.807, 2.05) is 18.2 Å². The van der Waals surface area contributed by atoms with Gasteiger partial charge in [-0.3, -0.25) is 9.59 Å². The lowest BCUT2D eigenvalue weighted by atomic mass is 10.1. The molecule has 0 radical (unpaired) electrons. The van der Waals surface area contributed by atoms with E-state index in [-0.39, 0.29) is 32.3 Å². The number of hydrogen-bond acceptors (Lipinski definition) is 7. The van der Waals surface area contributed by atoms with Crippen LogP contribution in [0.5, 0.6) is 17.2 Å². The van der Waals surface area contributed by atoms with E-state index >= 15 is 0 Å². The van der Waals surface area contributed by atoms with Crippen LogP contribution in [0.2, 0.25) is 0 Å². The monoisotopic (exact) mass is 428 g/mol. The van der Waals surface area contributed by atoms with Crippen molar-refractivity contribution in [2.24, 2.45) is 4.99 Å². The lowest BCUT2D eigenvalue weighted by Gasteiger charge is -2.06. The van der Waals surface area contributed by atoms with Crippen molar-refractivity contribution >= 4 is 33.4 Å². The molecular formula is C21H20N2O6S. The summed E-state index contributed by atoms with van der Waals surface area (Å²) in [5.74, 6) is 1.24. The predicted octanol–water partition coefficient (Wildman–Crippen LogP) is 2.67. The number of thiazole rings is 1. The molecule has 0 atom stereocenters. The zero-order chi connectivity index (χ0) is 21.1. The molecule has 4 rings (SSSR count). The summed E-state index contributed by atoms with van der Waals surface area (Å²) in [4.78, 5) is 29.5. The fourth-order valence-electron chi connectivity index (χ4n) is 3.13. The van der Waals surface area contributed by atoms with Crippen LogP contribution in [0.25, 0.3) is 10.2 Å². The number of hydrogen-bond donors (Lipinski definition) is 0. The van der Waals surface area contributed by atoms with Crippen LogP contribution in [0, 0.1) is 0 Å². The molecule has 2 heterocycles. The first-order valence-electron chi connectivity index (χ1n) is 9.36. The third-order valence-electron chi connectivity index (χ3n) is 4.50. The summed E-state index contributed by atoms with van der Waals surface area (Å²) < 4.78 is 23.5. The van der Waals surface area contributed by atoms with Gasteiger partial charge in [0, 0.05) is 0 Å². The Morgan fingerprint density at radius 1 is 1.17 bits per heavy atom. The molecule has 0 N–H and O–H groups in total. The van der Waals surface area contributed by atoms with E-state index in [0.29, 0.717) is 22.0 Å². The van der Waals surface area contributed by atoms with Gasteiger partial charge in [0.05, 0.1) is 30.4 Å². The largest absolute Gasteiger partial charge is 0.497 e. The number of fused-ring (bicyclic) bond motifs is 2. The van der Waals surface area contributed by atoms with Crippen molar-refractivity contribution in [2.45, 2.75) is 19.9 Å². The van der Waals surface area contributed by atoms with Gasteiger partial charge < -0.3 is 23.5 Å². The molecule has 0 unspecified atom stereocenters. The average molecular weight is 428 g/mol. The molecule has 0 saturated carbocycles. The maximum atomic E-state index is 12.7. The first-order chi connectivity index (χ1) is 14.6. The van der Waals surface area contributed by atoms with E-state index in [1.165, 1.54) is 11.3 Å². The fraction of sp³-hybridized carbons (Fsp3) is 0.286. The number of ether oxygens (including phenoxy) is 4. The number of aromatic nitrogens is 1. The highest BCUT2D eigenvalue weighted by atomic mass is 32.1. The molecule has 1 aliphatic heterocycles. The van der Waals surface area contributed by atoms with Crippen LogP contribution in [-0.4, -0.2) is 37.0 Å². The summed E-state index contributed by atoms with van der Waals surface area (Å²) >= 11 is 1.32. The topological polar surface area (TPSA) is 88.4 Å². The van der Waals surface area contributed by atoms with Gasteiger partial charge in [0.2, 0.25) is 6.79 Å². The van der Waals surface area contributed by atoms with Crippen LogP contribution >= 0.6 is 11.3 Å². The van der Waals surface area contributed by atoms with E-state index in [4.69, 9.17) is 18.9 Å². The Kier molecular flexibility index (Phi) is 5.71. The van der Waals surface area contributed by atoms with Gasteiger partial charge in [-0.05, 0) is 42.8 Å². The smallest absolute Gasteiger partial charge is 0.326 e. The summed E-state index contributed by atoms with van der Waals surface area (Å²) in [6.07, 6.45) is 0.105. The third-order valence-corrected chi connectivity index (χ3v) is 5.54. The molecular weight excluding hydrogens is 408 g/mol. The van der Waals surface area contributed by atoms with Crippen LogP contribution in [0.1, 0.15) is 12.5 Å². The van der Waals surface area contributed by atoms with E-state index in [2.05, 4.69) is 4.99 Å². The van der Waals surface area contributed by atoms with Crippen LogP contribution in [0.4, 0.5) is 0 Å². The minimum absolute atomic E-state index is 0.0314. The molecule has 1 aliphatic rings. The molecule has 0 aliphatic carbocycles.